The quantitative estimate of drug-likeness (QED) is 0.669. The summed E-state index contributed by atoms with van der Waals surface area (Å²) >= 11 is 3.66. The highest BCUT2D eigenvalue weighted by Crippen LogP contribution is 2.43. The van der Waals surface area contributed by atoms with Crippen LogP contribution in [0.4, 0.5) is 0 Å². The van der Waals surface area contributed by atoms with Crippen LogP contribution in [0, 0.1) is 5.92 Å². The van der Waals surface area contributed by atoms with Crippen LogP contribution in [0.15, 0.2) is 39.6 Å². The van der Waals surface area contributed by atoms with Crippen LogP contribution in [0.2, 0.25) is 0 Å². The molecule has 0 N–H and O–H groups in total. The normalized spacial score (nSPS) is 25.5. The van der Waals surface area contributed by atoms with E-state index in [-0.39, 0.29) is 0 Å². The van der Waals surface area contributed by atoms with E-state index in [0.717, 1.165) is 17.0 Å². The second-order valence-electron chi connectivity index (χ2n) is 4.88. The average molecular weight is 278 g/mol. The zero-order chi connectivity index (χ0) is 11.1. The molecule has 0 saturated heterocycles. The van der Waals surface area contributed by atoms with Crippen molar-refractivity contribution >= 4 is 20.6 Å². The fourth-order valence-corrected chi connectivity index (χ4v) is 3.77. The number of fused-ring (bicyclic) bond motifs is 1. The molecule has 3 rings (SSSR count). The molecule has 1 heterocycles. The molecule has 16 heavy (non-hydrogen) atoms. The van der Waals surface area contributed by atoms with Gasteiger partial charge in [-0.25, -0.2) is 4.99 Å². The van der Waals surface area contributed by atoms with Gasteiger partial charge in [-0.1, -0.05) is 25.0 Å². The molecule has 0 aromatic heterocycles. The van der Waals surface area contributed by atoms with E-state index in [1.54, 1.807) is 0 Å². The van der Waals surface area contributed by atoms with Crippen LogP contribution >= 0.6 is 15.9 Å². The van der Waals surface area contributed by atoms with Gasteiger partial charge in [0.25, 0.3) is 0 Å². The van der Waals surface area contributed by atoms with Gasteiger partial charge in [-0.05, 0) is 59.2 Å². The molecule has 1 saturated carbocycles. The third kappa shape index (κ3) is 1.55. The lowest BCUT2D eigenvalue weighted by molar-refractivity contribution is 0.665. The van der Waals surface area contributed by atoms with E-state index in [0.29, 0.717) is 0 Å². The van der Waals surface area contributed by atoms with Crippen molar-refractivity contribution in [1.29, 1.82) is 0 Å². The predicted octanol–water partition coefficient (Wildman–Crippen LogP) is 4.51. The molecule has 0 atom stereocenters. The van der Waals surface area contributed by atoms with Gasteiger partial charge in [0.1, 0.15) is 4.62 Å². The summed E-state index contributed by atoms with van der Waals surface area (Å²) in [6.07, 6.45) is 11.0. The van der Waals surface area contributed by atoms with E-state index < -0.39 is 0 Å². The van der Waals surface area contributed by atoms with Crippen molar-refractivity contribution < 1.29 is 0 Å². The smallest absolute Gasteiger partial charge is 0.110 e. The summed E-state index contributed by atoms with van der Waals surface area (Å²) < 4.78 is 1.09. The number of rotatable bonds is 1. The monoisotopic (exact) mass is 277 g/mol. The minimum Gasteiger partial charge on any atom is -0.241 e. The van der Waals surface area contributed by atoms with Gasteiger partial charge in [0, 0.05) is 5.57 Å². The summed E-state index contributed by atoms with van der Waals surface area (Å²) in [5.41, 5.74) is 5.52. The number of hydrogen-bond donors (Lipinski definition) is 0. The molecule has 0 bridgehead atoms. The molecular weight excluding hydrogens is 262 g/mol. The maximum absolute atomic E-state index is 4.67. The first kappa shape index (κ1) is 10.5. The van der Waals surface area contributed by atoms with Gasteiger partial charge in [0.05, 0.1) is 5.70 Å². The highest BCUT2D eigenvalue weighted by molar-refractivity contribution is 9.18. The third-order valence-corrected chi connectivity index (χ3v) is 4.46. The van der Waals surface area contributed by atoms with Crippen LogP contribution < -0.4 is 0 Å². The summed E-state index contributed by atoms with van der Waals surface area (Å²) in [5.74, 6) is 0.737. The lowest BCUT2D eigenvalue weighted by Gasteiger charge is -2.16. The highest BCUT2D eigenvalue weighted by atomic mass is 79.9. The van der Waals surface area contributed by atoms with E-state index in [1.165, 1.54) is 48.1 Å². The predicted molar refractivity (Wildman–Crippen MR) is 71.8 cm³/mol. The standard InChI is InChI=1S/C14H16BrN/c1-9-5-4-8-11-12(9)13(14(15)16-11)10-6-2-3-7-10/h5,8,10H,2-4,6-7H2,1H3. The van der Waals surface area contributed by atoms with Crippen LogP contribution in [0.25, 0.3) is 0 Å². The van der Waals surface area contributed by atoms with Crippen molar-refractivity contribution in [3.05, 3.63) is 34.6 Å². The third-order valence-electron chi connectivity index (χ3n) is 3.86. The van der Waals surface area contributed by atoms with Crippen LogP contribution in [-0.4, -0.2) is 4.62 Å². The molecule has 1 nitrogen and oxygen atoms in total. The van der Waals surface area contributed by atoms with Gasteiger partial charge in [0.15, 0.2) is 0 Å². The molecule has 0 spiro atoms. The van der Waals surface area contributed by atoms with E-state index in [4.69, 9.17) is 0 Å². The van der Waals surface area contributed by atoms with Crippen molar-refractivity contribution in [3.63, 3.8) is 0 Å². The van der Waals surface area contributed by atoms with Crippen molar-refractivity contribution in [2.75, 3.05) is 0 Å². The molecule has 1 aliphatic heterocycles. The van der Waals surface area contributed by atoms with Gasteiger partial charge in [-0.15, -0.1) is 0 Å². The first-order chi connectivity index (χ1) is 7.77. The number of nitrogens with zero attached hydrogens (tertiary/aromatic N) is 1. The zero-order valence-electron chi connectivity index (χ0n) is 9.59. The Morgan fingerprint density at radius 2 is 2.00 bits per heavy atom. The number of hydrogen-bond acceptors (Lipinski definition) is 1. The van der Waals surface area contributed by atoms with Crippen molar-refractivity contribution in [1.82, 2.24) is 0 Å². The Balaban J connectivity index is 2.08. The number of allylic oxidation sites excluding steroid dienone is 4. The van der Waals surface area contributed by atoms with Crippen LogP contribution in [0.1, 0.15) is 39.0 Å². The first-order valence-corrected chi connectivity index (χ1v) is 6.93. The van der Waals surface area contributed by atoms with Crippen molar-refractivity contribution in [3.8, 4) is 0 Å². The van der Waals surface area contributed by atoms with Crippen molar-refractivity contribution in [2.24, 2.45) is 10.9 Å². The molecule has 0 amide bonds. The Morgan fingerprint density at radius 3 is 2.75 bits per heavy atom. The van der Waals surface area contributed by atoms with Crippen molar-refractivity contribution in [2.45, 2.75) is 39.0 Å². The minimum absolute atomic E-state index is 0.737. The molecular formula is C14H16BrN. The Bertz CT molecular complexity index is 445. The Hall–Kier alpha value is -0.630. The number of halogens is 1. The molecule has 2 aliphatic carbocycles. The molecule has 3 aliphatic rings. The lowest BCUT2D eigenvalue weighted by atomic mass is 9.88. The van der Waals surface area contributed by atoms with Gasteiger partial charge in [-0.3, -0.25) is 0 Å². The van der Waals surface area contributed by atoms with Crippen LogP contribution in [0.3, 0.4) is 0 Å². The molecule has 2 heteroatoms. The summed E-state index contributed by atoms with van der Waals surface area (Å²) in [6, 6.07) is 0. The highest BCUT2D eigenvalue weighted by Gasteiger charge is 2.31. The van der Waals surface area contributed by atoms with E-state index in [9.17, 15) is 0 Å². The average Bonchev–Trinajstić information content (AvgIpc) is 2.84. The van der Waals surface area contributed by atoms with Gasteiger partial charge < -0.3 is 0 Å². The molecule has 0 aromatic carbocycles. The Kier molecular flexibility index (Phi) is 2.62. The lowest BCUT2D eigenvalue weighted by Crippen LogP contribution is -2.06. The van der Waals surface area contributed by atoms with E-state index >= 15 is 0 Å². The molecule has 84 valence electrons. The Morgan fingerprint density at radius 1 is 1.25 bits per heavy atom. The van der Waals surface area contributed by atoms with E-state index in [2.05, 4.69) is 40.0 Å². The summed E-state index contributed by atoms with van der Waals surface area (Å²) in [7, 11) is 0. The number of aliphatic imine (C=N–C) groups is 1. The summed E-state index contributed by atoms with van der Waals surface area (Å²) in [6.45, 7) is 2.22. The second kappa shape index (κ2) is 3.99. The van der Waals surface area contributed by atoms with Gasteiger partial charge >= 0.3 is 0 Å². The second-order valence-corrected chi connectivity index (χ2v) is 5.64. The van der Waals surface area contributed by atoms with Gasteiger partial charge in [0.2, 0.25) is 0 Å². The fraction of sp³-hybridized carbons (Fsp3) is 0.500. The maximum Gasteiger partial charge on any atom is 0.110 e. The fourth-order valence-electron chi connectivity index (χ4n) is 3.06. The molecule has 1 fully saturated rings. The Labute approximate surface area is 105 Å². The SMILES string of the molecule is CC1=CCC=C2N=C(Br)C(C3CCCC3)=C12. The molecule has 0 radical (unpaired) electrons. The summed E-state index contributed by atoms with van der Waals surface area (Å²) in [4.78, 5) is 4.67. The zero-order valence-corrected chi connectivity index (χ0v) is 11.2. The summed E-state index contributed by atoms with van der Waals surface area (Å²) in [5, 5.41) is 0. The van der Waals surface area contributed by atoms with Gasteiger partial charge in [-0.2, -0.15) is 0 Å². The van der Waals surface area contributed by atoms with E-state index in [1.807, 2.05) is 0 Å². The topological polar surface area (TPSA) is 12.4 Å². The molecule has 0 unspecified atom stereocenters. The minimum atomic E-state index is 0.737. The molecule has 0 aromatic rings. The largest absolute Gasteiger partial charge is 0.241 e. The van der Waals surface area contributed by atoms with Crippen LogP contribution in [0.5, 0.6) is 0 Å². The maximum atomic E-state index is 4.67. The first-order valence-electron chi connectivity index (χ1n) is 6.14. The van der Waals surface area contributed by atoms with Crippen LogP contribution in [-0.2, 0) is 0 Å².